The second-order valence-electron chi connectivity index (χ2n) is 13.1. The Hall–Kier alpha value is -5.10. The predicted octanol–water partition coefficient (Wildman–Crippen LogP) is 9.39. The van der Waals surface area contributed by atoms with Crippen LogP contribution in [0.2, 0.25) is 0 Å². The van der Waals surface area contributed by atoms with Gasteiger partial charge in [0.25, 0.3) is 0 Å². The maximum Gasteiger partial charge on any atom is 0.323 e. The molecule has 0 aliphatic rings. The van der Waals surface area contributed by atoms with E-state index in [2.05, 4.69) is 46.4 Å². The molecule has 0 spiro atoms. The van der Waals surface area contributed by atoms with E-state index in [4.69, 9.17) is 18.7 Å². The molecule has 0 radical (unpaired) electrons. The van der Waals surface area contributed by atoms with E-state index < -0.39 is 24.4 Å². The number of carbonyl (C=O) groups is 1. The van der Waals surface area contributed by atoms with Gasteiger partial charge in [-0.2, -0.15) is 0 Å². The summed E-state index contributed by atoms with van der Waals surface area (Å²) in [7, 11) is -2.92. The molecule has 5 aromatic rings. The minimum absolute atomic E-state index is 0.257. The zero-order valence-electron chi connectivity index (χ0n) is 31.2. The summed E-state index contributed by atoms with van der Waals surface area (Å²) < 4.78 is 51.5. The van der Waals surface area contributed by atoms with Gasteiger partial charge in [0.1, 0.15) is 34.1 Å². The molecule has 0 aliphatic heterocycles. The summed E-state index contributed by atoms with van der Waals surface area (Å²) in [5.74, 6) is 2.47. The highest BCUT2D eigenvalue weighted by Gasteiger charge is 2.24. The molecule has 4 N–H and O–H groups in total. The van der Waals surface area contributed by atoms with E-state index >= 15 is 0 Å². The van der Waals surface area contributed by atoms with Gasteiger partial charge in [0.15, 0.2) is 5.75 Å². The lowest BCUT2D eigenvalue weighted by molar-refractivity contribution is 0.262. The van der Waals surface area contributed by atoms with Crippen LogP contribution in [0.1, 0.15) is 40.2 Å². The molecule has 0 bridgehead atoms. The third kappa shape index (κ3) is 9.67. The van der Waals surface area contributed by atoms with E-state index in [-0.39, 0.29) is 5.41 Å². The summed E-state index contributed by atoms with van der Waals surface area (Å²) in [5.41, 5.74) is 2.85. The first-order chi connectivity index (χ1) is 25.2. The number of fused-ring (bicyclic) bond motifs is 1. The van der Waals surface area contributed by atoms with E-state index in [9.17, 15) is 13.6 Å². The summed E-state index contributed by atoms with van der Waals surface area (Å²) in [4.78, 5) is 17.9. The van der Waals surface area contributed by atoms with Crippen LogP contribution in [0.5, 0.6) is 23.0 Å². The van der Waals surface area contributed by atoms with Crippen molar-refractivity contribution in [2.24, 2.45) is 0 Å². The van der Waals surface area contributed by atoms with Crippen molar-refractivity contribution in [3.63, 3.8) is 0 Å². The third-order valence-corrected chi connectivity index (χ3v) is 10.6. The normalized spacial score (nSPS) is 13.1. The van der Waals surface area contributed by atoms with Crippen molar-refractivity contribution in [3.05, 3.63) is 90.6 Å². The Labute approximate surface area is 313 Å². The third-order valence-electron chi connectivity index (χ3n) is 8.10. The number of hydrogen-bond donors (Lipinski definition) is 4. The zero-order chi connectivity index (χ0) is 38.3. The Morgan fingerprint density at radius 2 is 1.58 bits per heavy atom. The molecule has 2 amide bonds. The van der Waals surface area contributed by atoms with Crippen molar-refractivity contribution in [2.45, 2.75) is 40.0 Å². The molecule has 0 saturated heterocycles. The molecule has 12 nitrogen and oxygen atoms in total. The van der Waals surface area contributed by atoms with Crippen molar-refractivity contribution >= 4 is 69.0 Å². The number of hydrogen-bond acceptors (Lipinski definition) is 9. The van der Waals surface area contributed by atoms with Crippen LogP contribution in [-0.2, 0) is 25.5 Å². The number of aromatic nitrogens is 1. The summed E-state index contributed by atoms with van der Waals surface area (Å²) in [6, 6.07) is 23.3. The van der Waals surface area contributed by atoms with Gasteiger partial charge in [-0.3, -0.25) is 4.57 Å². The lowest BCUT2D eigenvalue weighted by Gasteiger charge is -2.24. The van der Waals surface area contributed by atoms with Gasteiger partial charge in [-0.1, -0.05) is 45.0 Å². The molecule has 1 aromatic heterocycles. The number of carbonyl (C=O) groups excluding carboxylic acids is 1. The fraction of sp³-hybridized carbons (Fsp3) is 0.282. The van der Waals surface area contributed by atoms with Gasteiger partial charge in [0.05, 0.1) is 42.7 Å². The van der Waals surface area contributed by atoms with Gasteiger partial charge in [-0.05, 0) is 67.3 Å². The number of nitrogens with zero attached hydrogens (tertiary/aromatic N) is 1. The average Bonchev–Trinajstić information content (AvgIpc) is 3.09. The number of amides is 2. The first-order valence-electron chi connectivity index (χ1n) is 17.0. The monoisotopic (exact) mass is 759 g/mol. The topological polar surface area (TPSA) is 149 Å². The Balaban J connectivity index is 1.37. The summed E-state index contributed by atoms with van der Waals surface area (Å²) in [6.07, 6.45) is 3.16. The number of pyridine rings is 1. The van der Waals surface area contributed by atoms with Gasteiger partial charge < -0.3 is 39.4 Å². The van der Waals surface area contributed by atoms with Gasteiger partial charge >= 0.3 is 6.03 Å². The van der Waals surface area contributed by atoms with E-state index in [1.807, 2.05) is 43.3 Å². The van der Waals surface area contributed by atoms with Crippen LogP contribution in [0, 0.1) is 0 Å². The number of nitrogens with one attached hydrogen (secondary N) is 4. The van der Waals surface area contributed by atoms with Gasteiger partial charge in [-0.25, -0.2) is 14.0 Å². The molecule has 0 fully saturated rings. The van der Waals surface area contributed by atoms with Crippen molar-refractivity contribution in [1.29, 1.82) is 0 Å². The van der Waals surface area contributed by atoms with Crippen LogP contribution in [-0.4, -0.2) is 48.5 Å². The molecule has 0 saturated carbocycles. The molecule has 2 unspecified atom stereocenters. The number of ether oxygens (including phenoxy) is 3. The quantitative estimate of drug-likeness (QED) is 0.0813. The van der Waals surface area contributed by atoms with Crippen LogP contribution < -0.4 is 40.2 Å². The molecule has 280 valence electrons. The molecule has 4 aromatic carbocycles. The lowest BCUT2D eigenvalue weighted by Crippen LogP contribution is -2.21. The number of methoxy groups -OCH3 is 1. The molecule has 14 heteroatoms. The largest absolute Gasteiger partial charge is 0.493 e. The van der Waals surface area contributed by atoms with Crippen LogP contribution in [0.4, 0.5) is 33.4 Å². The van der Waals surface area contributed by atoms with Crippen molar-refractivity contribution < 1.29 is 32.3 Å². The fourth-order valence-corrected chi connectivity index (χ4v) is 7.65. The molecule has 5 rings (SSSR count). The lowest BCUT2D eigenvalue weighted by atomic mass is 9.86. The van der Waals surface area contributed by atoms with Gasteiger partial charge in [0.2, 0.25) is 7.37 Å². The number of rotatable bonds is 14. The molecule has 0 aliphatic carbocycles. The first kappa shape index (κ1) is 39.1. The Kier molecular flexibility index (Phi) is 12.3. The molecule has 1 heterocycles. The number of urea groups is 1. The zero-order valence-corrected chi connectivity index (χ0v) is 32.9. The van der Waals surface area contributed by atoms with Crippen LogP contribution >= 0.6 is 7.37 Å². The van der Waals surface area contributed by atoms with Gasteiger partial charge in [0, 0.05) is 47.7 Å². The van der Waals surface area contributed by atoms with E-state index in [1.54, 1.807) is 62.2 Å². The number of anilines is 5. The summed E-state index contributed by atoms with van der Waals surface area (Å²) in [6.45, 7) is 12.1. The summed E-state index contributed by atoms with van der Waals surface area (Å²) in [5, 5.41) is 11.2. The van der Waals surface area contributed by atoms with Crippen molar-refractivity contribution in [1.82, 2.24) is 4.98 Å². The van der Waals surface area contributed by atoms with Crippen LogP contribution in [0.25, 0.3) is 10.8 Å². The van der Waals surface area contributed by atoms with E-state index in [0.29, 0.717) is 70.1 Å². The first-order valence-corrected chi connectivity index (χ1v) is 20.7. The summed E-state index contributed by atoms with van der Waals surface area (Å²) >= 11 is 0. The second kappa shape index (κ2) is 16.7. The fourth-order valence-electron chi connectivity index (χ4n) is 5.68. The Morgan fingerprint density at radius 1 is 0.868 bits per heavy atom. The van der Waals surface area contributed by atoms with E-state index in [1.165, 1.54) is 13.4 Å². The molecule has 53 heavy (non-hydrogen) atoms. The maximum atomic E-state index is 13.5. The molecular formula is C39H46N5O7PS. The van der Waals surface area contributed by atoms with Crippen LogP contribution in [0.15, 0.2) is 85.1 Å². The minimum Gasteiger partial charge on any atom is -0.493 e. The molecule has 2 atom stereocenters. The average molecular weight is 760 g/mol. The number of benzene rings is 4. The van der Waals surface area contributed by atoms with E-state index in [0.717, 1.165) is 16.3 Å². The minimum atomic E-state index is -3.06. The second-order valence-corrected chi connectivity index (χ2v) is 16.7. The maximum absolute atomic E-state index is 13.5. The van der Waals surface area contributed by atoms with Crippen molar-refractivity contribution in [2.75, 3.05) is 53.9 Å². The highest BCUT2D eigenvalue weighted by Crippen LogP contribution is 2.45. The highest BCUT2D eigenvalue weighted by atomic mass is 32.2. The SMILES string of the molecule is CCOc1cc(Nc2cc(Oc3ccc(NC(=O)Nc4cc(C(C)(C)C)cc(NS(C)=O)c4OC)c4ccccc34)ccn2)ccc1P(C)(=O)OCC. The highest BCUT2D eigenvalue weighted by molar-refractivity contribution is 7.85. The molecular weight excluding hydrogens is 713 g/mol. The standard InChI is InChI=1S/C39H46N5O7PS/c1-9-49-34-23-26(15-18-35(34)52(7,46)50-10-2)41-36-24-27(19-20-40-36)51-33-17-16-30(28-13-11-12-14-29(28)33)42-38(45)43-31-21-25(39(3,4)5)22-32(37(31)48-6)44-53(8)47/h11-24,44H,9-10H2,1-8H3,(H,40,41)(H2,42,43,45). The smallest absolute Gasteiger partial charge is 0.323 e. The Morgan fingerprint density at radius 3 is 2.26 bits per heavy atom. The van der Waals surface area contributed by atoms with Gasteiger partial charge in [-0.15, -0.1) is 0 Å². The predicted molar refractivity (Wildman–Crippen MR) is 216 cm³/mol. The van der Waals surface area contributed by atoms with Crippen molar-refractivity contribution in [3.8, 4) is 23.0 Å². The Bertz CT molecular complexity index is 2190. The van der Waals surface area contributed by atoms with Crippen LogP contribution in [0.3, 0.4) is 0 Å².